The van der Waals surface area contributed by atoms with Gasteiger partial charge in [0.1, 0.15) is 0 Å². The molecule has 0 fully saturated rings. The summed E-state index contributed by atoms with van der Waals surface area (Å²) in [4.78, 5) is 6.62. The fourth-order valence-corrected chi connectivity index (χ4v) is 2.91. The van der Waals surface area contributed by atoms with Crippen molar-refractivity contribution in [1.29, 1.82) is 0 Å². The average Bonchev–Trinajstić information content (AvgIpc) is 2.92. The molecule has 3 nitrogen and oxygen atoms in total. The van der Waals surface area contributed by atoms with Gasteiger partial charge in [-0.1, -0.05) is 37.3 Å². The van der Waals surface area contributed by atoms with Crippen LogP contribution < -0.4 is 5.73 Å². The minimum Gasteiger partial charge on any atom is -0.330 e. The summed E-state index contributed by atoms with van der Waals surface area (Å²) < 4.78 is 0. The Kier molecular flexibility index (Phi) is 4.69. The second kappa shape index (κ2) is 6.28. The van der Waals surface area contributed by atoms with Crippen LogP contribution in [-0.2, 0) is 12.0 Å². The third kappa shape index (κ3) is 3.62. The molecule has 0 amide bonds. The summed E-state index contributed by atoms with van der Waals surface area (Å²) in [6, 6.07) is 10.5. The van der Waals surface area contributed by atoms with E-state index in [2.05, 4.69) is 53.5 Å². The van der Waals surface area contributed by atoms with Gasteiger partial charge < -0.3 is 5.73 Å². The van der Waals surface area contributed by atoms with E-state index < -0.39 is 0 Å². The molecule has 0 aliphatic carbocycles. The van der Waals surface area contributed by atoms with Gasteiger partial charge in [-0.25, -0.2) is 4.98 Å². The van der Waals surface area contributed by atoms with Crippen LogP contribution in [0.3, 0.4) is 0 Å². The van der Waals surface area contributed by atoms with Gasteiger partial charge in [-0.05, 0) is 12.6 Å². The Morgan fingerprint density at radius 1 is 1.32 bits per heavy atom. The van der Waals surface area contributed by atoms with Crippen LogP contribution in [0.4, 0.5) is 0 Å². The standard InChI is InChI=1S/C15H21N3S/c1-15(10-16,13-6-4-3-5-7-13)11-18(2)8-14-9-19-12-17-14/h3-7,9,12H,8,10-11,16H2,1-2H3. The fraction of sp³-hybridized carbons (Fsp3) is 0.400. The molecule has 1 aromatic carbocycles. The maximum Gasteiger partial charge on any atom is 0.0795 e. The van der Waals surface area contributed by atoms with Crippen molar-refractivity contribution in [3.63, 3.8) is 0 Å². The zero-order valence-corrected chi connectivity index (χ0v) is 12.4. The topological polar surface area (TPSA) is 42.2 Å². The molecule has 19 heavy (non-hydrogen) atoms. The van der Waals surface area contributed by atoms with Crippen LogP contribution in [0.25, 0.3) is 0 Å². The molecule has 0 saturated heterocycles. The molecule has 0 saturated carbocycles. The third-order valence-corrected chi connectivity index (χ3v) is 4.09. The summed E-state index contributed by atoms with van der Waals surface area (Å²) in [6.07, 6.45) is 0. The van der Waals surface area contributed by atoms with Gasteiger partial charge in [0.15, 0.2) is 0 Å². The van der Waals surface area contributed by atoms with Gasteiger partial charge in [0.05, 0.1) is 11.2 Å². The summed E-state index contributed by atoms with van der Waals surface area (Å²) in [6.45, 7) is 4.65. The van der Waals surface area contributed by atoms with Crippen LogP contribution in [0.2, 0.25) is 0 Å². The molecule has 2 N–H and O–H groups in total. The van der Waals surface area contributed by atoms with Crippen molar-refractivity contribution < 1.29 is 0 Å². The molecule has 1 heterocycles. The Labute approximate surface area is 119 Å². The lowest BCUT2D eigenvalue weighted by Crippen LogP contribution is -2.42. The number of aromatic nitrogens is 1. The van der Waals surface area contributed by atoms with E-state index in [0.29, 0.717) is 6.54 Å². The van der Waals surface area contributed by atoms with Crippen molar-refractivity contribution in [3.05, 3.63) is 52.5 Å². The van der Waals surface area contributed by atoms with Crippen molar-refractivity contribution in [2.75, 3.05) is 20.1 Å². The summed E-state index contributed by atoms with van der Waals surface area (Å²) in [5.74, 6) is 0. The first kappa shape index (κ1) is 14.2. The highest BCUT2D eigenvalue weighted by atomic mass is 32.1. The molecular formula is C15H21N3S. The van der Waals surface area contributed by atoms with Crippen LogP contribution in [-0.4, -0.2) is 30.0 Å². The minimum atomic E-state index is -0.0218. The van der Waals surface area contributed by atoms with E-state index in [0.717, 1.165) is 18.8 Å². The summed E-state index contributed by atoms with van der Waals surface area (Å²) in [5.41, 5.74) is 10.3. The number of hydrogen-bond donors (Lipinski definition) is 1. The molecule has 1 aromatic heterocycles. The van der Waals surface area contributed by atoms with Gasteiger partial charge in [-0.15, -0.1) is 11.3 Å². The smallest absolute Gasteiger partial charge is 0.0795 e. The van der Waals surface area contributed by atoms with Gasteiger partial charge in [-0.2, -0.15) is 0 Å². The molecule has 0 radical (unpaired) electrons. The lowest BCUT2D eigenvalue weighted by molar-refractivity contribution is 0.250. The normalized spacial score (nSPS) is 14.5. The Balaban J connectivity index is 2.06. The molecule has 4 heteroatoms. The van der Waals surface area contributed by atoms with E-state index in [1.165, 1.54) is 5.56 Å². The number of benzene rings is 1. The van der Waals surface area contributed by atoms with E-state index in [1.807, 2.05) is 11.6 Å². The van der Waals surface area contributed by atoms with Crippen LogP contribution in [0, 0.1) is 0 Å². The Morgan fingerprint density at radius 2 is 2.05 bits per heavy atom. The molecule has 102 valence electrons. The highest BCUT2D eigenvalue weighted by molar-refractivity contribution is 7.07. The molecule has 0 spiro atoms. The summed E-state index contributed by atoms with van der Waals surface area (Å²) in [7, 11) is 2.12. The average molecular weight is 275 g/mol. The first-order valence-electron chi connectivity index (χ1n) is 6.45. The second-order valence-corrected chi connectivity index (χ2v) is 6.00. The van der Waals surface area contributed by atoms with Crippen molar-refractivity contribution >= 4 is 11.3 Å². The zero-order chi connectivity index (χ0) is 13.7. The highest BCUT2D eigenvalue weighted by Crippen LogP contribution is 2.23. The minimum absolute atomic E-state index is 0.0218. The van der Waals surface area contributed by atoms with Gasteiger partial charge >= 0.3 is 0 Å². The quantitative estimate of drug-likeness (QED) is 0.880. The molecule has 0 aliphatic heterocycles. The molecular weight excluding hydrogens is 254 g/mol. The predicted octanol–water partition coefficient (Wildman–Crippen LogP) is 2.49. The Hall–Kier alpha value is -1.23. The maximum absolute atomic E-state index is 6.02. The van der Waals surface area contributed by atoms with Gasteiger partial charge in [0.2, 0.25) is 0 Å². The van der Waals surface area contributed by atoms with Crippen molar-refractivity contribution in [3.8, 4) is 0 Å². The van der Waals surface area contributed by atoms with E-state index in [1.54, 1.807) is 11.3 Å². The Morgan fingerprint density at radius 3 is 2.63 bits per heavy atom. The summed E-state index contributed by atoms with van der Waals surface area (Å²) in [5, 5.41) is 2.10. The van der Waals surface area contributed by atoms with Gasteiger partial charge in [0.25, 0.3) is 0 Å². The first-order valence-corrected chi connectivity index (χ1v) is 7.39. The predicted molar refractivity (Wildman–Crippen MR) is 81.3 cm³/mol. The van der Waals surface area contributed by atoms with Crippen LogP contribution >= 0.6 is 11.3 Å². The van der Waals surface area contributed by atoms with Gasteiger partial charge in [0, 0.05) is 30.4 Å². The number of likely N-dealkylation sites (N-methyl/N-ethyl adjacent to an activating group) is 1. The lowest BCUT2D eigenvalue weighted by atomic mass is 9.82. The molecule has 1 unspecified atom stereocenters. The number of rotatable bonds is 6. The van der Waals surface area contributed by atoms with E-state index in [-0.39, 0.29) is 5.41 Å². The van der Waals surface area contributed by atoms with Crippen LogP contribution in [0.15, 0.2) is 41.2 Å². The molecule has 2 rings (SSSR count). The van der Waals surface area contributed by atoms with Crippen LogP contribution in [0.5, 0.6) is 0 Å². The van der Waals surface area contributed by atoms with Crippen molar-refractivity contribution in [1.82, 2.24) is 9.88 Å². The third-order valence-electron chi connectivity index (χ3n) is 3.46. The van der Waals surface area contributed by atoms with E-state index in [4.69, 9.17) is 5.73 Å². The molecule has 1 atom stereocenters. The van der Waals surface area contributed by atoms with E-state index >= 15 is 0 Å². The number of nitrogens with zero attached hydrogens (tertiary/aromatic N) is 2. The molecule has 0 aliphatic rings. The zero-order valence-electron chi connectivity index (χ0n) is 11.5. The summed E-state index contributed by atoms with van der Waals surface area (Å²) >= 11 is 1.64. The lowest BCUT2D eigenvalue weighted by Gasteiger charge is -2.33. The molecule has 0 bridgehead atoms. The maximum atomic E-state index is 6.02. The fourth-order valence-electron chi connectivity index (χ4n) is 2.36. The number of hydrogen-bond acceptors (Lipinski definition) is 4. The first-order chi connectivity index (χ1) is 9.14. The van der Waals surface area contributed by atoms with E-state index in [9.17, 15) is 0 Å². The van der Waals surface area contributed by atoms with Gasteiger partial charge in [-0.3, -0.25) is 4.90 Å². The van der Waals surface area contributed by atoms with Crippen molar-refractivity contribution in [2.45, 2.75) is 18.9 Å². The van der Waals surface area contributed by atoms with Crippen molar-refractivity contribution in [2.24, 2.45) is 5.73 Å². The number of thiazole rings is 1. The Bertz CT molecular complexity index is 483. The largest absolute Gasteiger partial charge is 0.330 e. The number of nitrogens with two attached hydrogens (primary N) is 1. The monoisotopic (exact) mass is 275 g/mol. The highest BCUT2D eigenvalue weighted by Gasteiger charge is 2.26. The van der Waals surface area contributed by atoms with Crippen LogP contribution in [0.1, 0.15) is 18.2 Å². The second-order valence-electron chi connectivity index (χ2n) is 5.28. The molecule has 2 aromatic rings. The SMILES string of the molecule is CN(Cc1cscn1)CC(C)(CN)c1ccccc1.